The van der Waals surface area contributed by atoms with Gasteiger partial charge in [-0.15, -0.1) is 11.3 Å². The molecule has 0 N–H and O–H groups in total. The highest BCUT2D eigenvalue weighted by Gasteiger charge is 2.06. The molecule has 0 amide bonds. The van der Waals surface area contributed by atoms with Gasteiger partial charge in [-0.25, -0.2) is 9.97 Å². The molecule has 0 saturated carbocycles. The van der Waals surface area contributed by atoms with E-state index < -0.39 is 0 Å². The third-order valence-electron chi connectivity index (χ3n) is 1.24. The maximum Gasteiger partial charge on any atom is 0.203 e. The molecule has 0 aromatic carbocycles. The minimum atomic E-state index is 0.790. The Morgan fingerprint density at radius 1 is 1.42 bits per heavy atom. The molecule has 0 spiro atoms. The van der Waals surface area contributed by atoms with Crippen LogP contribution in [0.2, 0.25) is 0 Å². The van der Waals surface area contributed by atoms with Gasteiger partial charge in [-0.1, -0.05) is 0 Å². The first-order valence-corrected chi connectivity index (χ1v) is 5.90. The van der Waals surface area contributed by atoms with Crippen LogP contribution in [-0.2, 0) is 0 Å². The van der Waals surface area contributed by atoms with E-state index in [1.807, 2.05) is 12.3 Å². The molecule has 62 valence electrons. The first-order valence-electron chi connectivity index (χ1n) is 3.17. The van der Waals surface area contributed by atoms with Crippen LogP contribution in [0.15, 0.2) is 5.38 Å². The van der Waals surface area contributed by atoms with Crippen LogP contribution >= 0.6 is 45.5 Å². The van der Waals surface area contributed by atoms with E-state index in [4.69, 9.17) is 0 Å². The zero-order chi connectivity index (χ0) is 8.55. The van der Waals surface area contributed by atoms with Crippen LogP contribution in [0.25, 0.3) is 10.7 Å². The predicted octanol–water partition coefficient (Wildman–Crippen LogP) is 2.57. The molecule has 0 radical (unpaired) electrons. The van der Waals surface area contributed by atoms with Crippen molar-refractivity contribution < 1.29 is 0 Å². The lowest BCUT2D eigenvalue weighted by Gasteiger charge is -1.82. The number of halogens is 1. The molecule has 0 atom stereocenters. The number of nitrogens with zero attached hydrogens (tertiary/aromatic N) is 3. The predicted molar refractivity (Wildman–Crippen MR) is 58.5 cm³/mol. The summed E-state index contributed by atoms with van der Waals surface area (Å²) < 4.78 is 4.87. The zero-order valence-corrected chi connectivity index (χ0v) is 9.90. The Bertz CT molecular complexity index is 357. The van der Waals surface area contributed by atoms with Crippen LogP contribution in [-0.4, -0.2) is 14.3 Å². The number of hydrogen-bond acceptors (Lipinski definition) is 5. The quantitative estimate of drug-likeness (QED) is 0.760. The molecule has 12 heavy (non-hydrogen) atoms. The largest absolute Gasteiger partial charge is 0.239 e. The Morgan fingerprint density at radius 2 is 2.25 bits per heavy atom. The van der Waals surface area contributed by atoms with E-state index in [1.54, 1.807) is 11.3 Å². The highest BCUT2D eigenvalue weighted by atomic mass is 127. The molecule has 0 fully saturated rings. The molecule has 0 aliphatic heterocycles. The van der Waals surface area contributed by atoms with E-state index in [-0.39, 0.29) is 0 Å². The lowest BCUT2D eigenvalue weighted by atomic mass is 10.5. The summed E-state index contributed by atoms with van der Waals surface area (Å²) in [7, 11) is 0. The molecular weight excluding hydrogens is 305 g/mol. The summed E-state index contributed by atoms with van der Waals surface area (Å²) in [4.78, 5) is 8.55. The highest BCUT2D eigenvalue weighted by molar-refractivity contribution is 14.1. The second-order valence-corrected chi connectivity index (χ2v) is 4.90. The second kappa shape index (κ2) is 3.35. The van der Waals surface area contributed by atoms with Crippen molar-refractivity contribution in [2.75, 3.05) is 0 Å². The average Bonchev–Trinajstić information content (AvgIpc) is 2.58. The van der Waals surface area contributed by atoms with Crippen molar-refractivity contribution in [1.29, 1.82) is 0 Å². The number of aromatic nitrogens is 3. The lowest BCUT2D eigenvalue weighted by molar-refractivity contribution is 1.22. The van der Waals surface area contributed by atoms with Crippen molar-refractivity contribution in [1.82, 2.24) is 14.3 Å². The zero-order valence-electron chi connectivity index (χ0n) is 6.11. The van der Waals surface area contributed by atoms with Crippen molar-refractivity contribution in [3.8, 4) is 10.7 Å². The number of aryl methyl sites for hydroxylation is 1. The van der Waals surface area contributed by atoms with Crippen molar-refractivity contribution in [3.05, 3.63) is 14.2 Å². The molecule has 0 saturated heterocycles. The van der Waals surface area contributed by atoms with Crippen LogP contribution in [0.1, 0.15) is 5.01 Å². The Balaban J connectivity index is 2.43. The molecule has 2 aromatic rings. The summed E-state index contributed by atoms with van der Waals surface area (Å²) >= 11 is 5.12. The summed E-state index contributed by atoms with van der Waals surface area (Å²) in [5.74, 6) is 0. The molecular formula is C6H4IN3S2. The van der Waals surface area contributed by atoms with Crippen molar-refractivity contribution in [2.24, 2.45) is 0 Å². The first kappa shape index (κ1) is 8.52. The number of hydrogen-bond donors (Lipinski definition) is 0. The maximum atomic E-state index is 4.32. The van der Waals surface area contributed by atoms with Gasteiger partial charge in [0.15, 0.2) is 5.01 Å². The summed E-state index contributed by atoms with van der Waals surface area (Å²) in [6, 6.07) is 0. The summed E-state index contributed by atoms with van der Waals surface area (Å²) in [6.07, 6.45) is 0. The fraction of sp³-hybridized carbons (Fsp3) is 0.167. The fourth-order valence-electron chi connectivity index (χ4n) is 0.771. The third kappa shape index (κ3) is 1.64. The molecule has 6 heteroatoms. The van der Waals surface area contributed by atoms with E-state index in [0.717, 1.165) is 19.5 Å². The first-order chi connectivity index (χ1) is 5.75. The van der Waals surface area contributed by atoms with Crippen LogP contribution < -0.4 is 0 Å². The molecule has 2 aromatic heterocycles. The normalized spacial score (nSPS) is 10.5. The molecule has 0 aliphatic carbocycles. The third-order valence-corrected chi connectivity index (χ3v) is 3.56. The Kier molecular flexibility index (Phi) is 2.37. The smallest absolute Gasteiger partial charge is 0.203 e. The van der Waals surface area contributed by atoms with Gasteiger partial charge in [0.05, 0.1) is 5.01 Å². The monoisotopic (exact) mass is 309 g/mol. The minimum absolute atomic E-state index is 0.790. The summed E-state index contributed by atoms with van der Waals surface area (Å²) in [5, 5.41) is 3.98. The van der Waals surface area contributed by atoms with Gasteiger partial charge in [-0.2, -0.15) is 4.37 Å². The Hall–Kier alpha value is -0.0800. The average molecular weight is 309 g/mol. The summed E-state index contributed by atoms with van der Waals surface area (Å²) in [5.41, 5.74) is 0.943. The number of rotatable bonds is 1. The van der Waals surface area contributed by atoms with Gasteiger partial charge in [0.2, 0.25) is 3.83 Å². The van der Waals surface area contributed by atoms with E-state index in [9.17, 15) is 0 Å². The van der Waals surface area contributed by atoms with Crippen molar-refractivity contribution in [3.63, 3.8) is 0 Å². The van der Waals surface area contributed by atoms with Crippen molar-refractivity contribution in [2.45, 2.75) is 6.92 Å². The fourth-order valence-corrected chi connectivity index (χ4v) is 2.67. The standard InChI is InChI=1S/C6H4IN3S2/c1-3-8-4(2-11-3)5-9-6(7)10-12-5/h2H,1H3. The Labute approximate surface area is 91.2 Å². The van der Waals surface area contributed by atoms with E-state index >= 15 is 0 Å². The molecule has 0 aliphatic rings. The highest BCUT2D eigenvalue weighted by Crippen LogP contribution is 2.23. The van der Waals surface area contributed by atoms with Crippen LogP contribution in [0.5, 0.6) is 0 Å². The SMILES string of the molecule is Cc1nc(-c2nc(I)ns2)cs1. The van der Waals surface area contributed by atoms with Gasteiger partial charge < -0.3 is 0 Å². The van der Waals surface area contributed by atoms with Gasteiger partial charge in [0, 0.05) is 28.0 Å². The van der Waals surface area contributed by atoms with E-state index in [2.05, 4.69) is 36.9 Å². The van der Waals surface area contributed by atoms with Gasteiger partial charge in [-0.3, -0.25) is 0 Å². The van der Waals surface area contributed by atoms with Crippen LogP contribution in [0.3, 0.4) is 0 Å². The minimum Gasteiger partial charge on any atom is -0.239 e. The van der Waals surface area contributed by atoms with Crippen LogP contribution in [0.4, 0.5) is 0 Å². The second-order valence-electron chi connectivity index (χ2n) is 2.12. The van der Waals surface area contributed by atoms with Gasteiger partial charge in [-0.05, 0) is 18.5 Å². The maximum absolute atomic E-state index is 4.32. The molecule has 2 rings (SSSR count). The van der Waals surface area contributed by atoms with Gasteiger partial charge in [0.25, 0.3) is 0 Å². The topological polar surface area (TPSA) is 38.7 Å². The molecule has 0 unspecified atom stereocenters. The van der Waals surface area contributed by atoms with Crippen LogP contribution in [0, 0.1) is 10.8 Å². The molecule has 2 heterocycles. The Morgan fingerprint density at radius 3 is 2.75 bits per heavy atom. The number of thiazole rings is 1. The van der Waals surface area contributed by atoms with E-state index in [1.165, 1.54) is 11.5 Å². The lowest BCUT2D eigenvalue weighted by Crippen LogP contribution is -1.76. The van der Waals surface area contributed by atoms with E-state index in [0.29, 0.717) is 0 Å². The van der Waals surface area contributed by atoms with Gasteiger partial charge in [0.1, 0.15) is 5.69 Å². The molecule has 3 nitrogen and oxygen atoms in total. The van der Waals surface area contributed by atoms with Gasteiger partial charge >= 0.3 is 0 Å². The van der Waals surface area contributed by atoms with Crippen molar-refractivity contribution >= 4 is 45.5 Å². The summed E-state index contributed by atoms with van der Waals surface area (Å²) in [6.45, 7) is 1.99. The molecule has 0 bridgehead atoms.